The van der Waals surface area contributed by atoms with Crippen LogP contribution in [0.3, 0.4) is 0 Å². The van der Waals surface area contributed by atoms with Crippen LogP contribution in [0.5, 0.6) is 17.4 Å². The van der Waals surface area contributed by atoms with E-state index in [4.69, 9.17) is 9.26 Å². The molecule has 2 heterocycles. The van der Waals surface area contributed by atoms with E-state index in [9.17, 15) is 5.11 Å². The number of pyridine rings is 1. The lowest BCUT2D eigenvalue weighted by Crippen LogP contribution is -1.89. The summed E-state index contributed by atoms with van der Waals surface area (Å²) in [6.45, 7) is 1.87. The first-order valence-electron chi connectivity index (χ1n) is 8.02. The Bertz CT molecular complexity index is 1030. The number of ether oxygens (including phenoxy) is 1. The second kappa shape index (κ2) is 6.68. The fraction of sp³-hybridized carbons (Fsp3) is 0.0500. The maximum absolute atomic E-state index is 9.51. The van der Waals surface area contributed by atoms with E-state index in [2.05, 4.69) is 15.1 Å². The fourth-order valence-electron chi connectivity index (χ4n) is 2.52. The Morgan fingerprint density at radius 2 is 1.85 bits per heavy atom. The van der Waals surface area contributed by atoms with Gasteiger partial charge in [-0.25, -0.2) is 4.98 Å². The van der Waals surface area contributed by atoms with Gasteiger partial charge >= 0.3 is 0 Å². The summed E-state index contributed by atoms with van der Waals surface area (Å²) < 4.78 is 11.0. The normalized spacial score (nSPS) is 10.7. The average molecular weight is 345 g/mol. The topological polar surface area (TPSA) is 81.3 Å². The summed E-state index contributed by atoms with van der Waals surface area (Å²) in [6, 6.07) is 18.0. The molecule has 0 radical (unpaired) electrons. The largest absolute Gasteiger partial charge is 0.508 e. The zero-order valence-electron chi connectivity index (χ0n) is 14.0. The molecule has 4 aromatic rings. The zero-order valence-corrected chi connectivity index (χ0v) is 14.0. The lowest BCUT2D eigenvalue weighted by atomic mass is 10.1. The van der Waals surface area contributed by atoms with Crippen molar-refractivity contribution >= 4 is 0 Å². The molecule has 6 nitrogen and oxygen atoms in total. The van der Waals surface area contributed by atoms with Gasteiger partial charge < -0.3 is 14.4 Å². The number of hydrogen-bond donors (Lipinski definition) is 1. The Morgan fingerprint density at radius 3 is 2.58 bits per heavy atom. The molecule has 26 heavy (non-hydrogen) atoms. The molecule has 0 bridgehead atoms. The minimum absolute atomic E-state index is 0.198. The first-order chi connectivity index (χ1) is 12.7. The molecule has 0 spiro atoms. The van der Waals surface area contributed by atoms with Crippen LogP contribution in [0, 0.1) is 6.92 Å². The second-order valence-corrected chi connectivity index (χ2v) is 5.72. The third kappa shape index (κ3) is 3.25. The van der Waals surface area contributed by atoms with Crippen molar-refractivity contribution in [1.82, 2.24) is 15.1 Å². The van der Waals surface area contributed by atoms with Crippen molar-refractivity contribution < 1.29 is 14.4 Å². The van der Waals surface area contributed by atoms with Gasteiger partial charge in [-0.15, -0.1) is 0 Å². The van der Waals surface area contributed by atoms with E-state index in [0.717, 1.165) is 22.4 Å². The average Bonchev–Trinajstić information content (AvgIpc) is 3.13. The molecule has 0 aliphatic carbocycles. The number of para-hydroxylation sites is 1. The summed E-state index contributed by atoms with van der Waals surface area (Å²) in [5, 5.41) is 13.5. The minimum Gasteiger partial charge on any atom is -0.508 e. The number of aryl methyl sites for hydroxylation is 1. The van der Waals surface area contributed by atoms with Crippen molar-refractivity contribution in [3.8, 4) is 40.2 Å². The van der Waals surface area contributed by atoms with Gasteiger partial charge in [0.05, 0.1) is 0 Å². The number of hydrogen-bond acceptors (Lipinski definition) is 6. The Morgan fingerprint density at radius 1 is 1.00 bits per heavy atom. The molecule has 0 saturated heterocycles. The van der Waals surface area contributed by atoms with Crippen LogP contribution in [-0.4, -0.2) is 20.2 Å². The third-order valence-electron chi connectivity index (χ3n) is 3.83. The fourth-order valence-corrected chi connectivity index (χ4v) is 2.52. The van der Waals surface area contributed by atoms with E-state index < -0.39 is 0 Å². The molecule has 2 aromatic heterocycles. The van der Waals surface area contributed by atoms with Crippen molar-refractivity contribution in [2.45, 2.75) is 6.92 Å². The summed E-state index contributed by atoms with van der Waals surface area (Å²) in [5.41, 5.74) is 2.35. The number of nitrogens with zero attached hydrogens (tertiary/aromatic N) is 3. The lowest BCUT2D eigenvalue weighted by molar-refractivity contribution is 0.431. The highest BCUT2D eigenvalue weighted by atomic mass is 16.5. The van der Waals surface area contributed by atoms with Gasteiger partial charge in [0.1, 0.15) is 11.5 Å². The van der Waals surface area contributed by atoms with Gasteiger partial charge in [0.2, 0.25) is 11.7 Å². The molecule has 0 aliphatic rings. The van der Waals surface area contributed by atoms with E-state index in [0.29, 0.717) is 17.6 Å². The van der Waals surface area contributed by atoms with E-state index >= 15 is 0 Å². The minimum atomic E-state index is 0.198. The second-order valence-electron chi connectivity index (χ2n) is 5.72. The van der Waals surface area contributed by atoms with Crippen molar-refractivity contribution in [2.75, 3.05) is 0 Å². The van der Waals surface area contributed by atoms with Crippen LogP contribution >= 0.6 is 0 Å². The molecule has 0 saturated carbocycles. The molecule has 0 fully saturated rings. The van der Waals surface area contributed by atoms with Gasteiger partial charge in [0.25, 0.3) is 5.89 Å². The van der Waals surface area contributed by atoms with Crippen LogP contribution in [0.4, 0.5) is 0 Å². The van der Waals surface area contributed by atoms with Gasteiger partial charge in [-0.2, -0.15) is 4.98 Å². The zero-order chi connectivity index (χ0) is 17.9. The smallest absolute Gasteiger partial charge is 0.258 e. The molecule has 0 atom stereocenters. The van der Waals surface area contributed by atoms with E-state index in [1.54, 1.807) is 30.5 Å². The third-order valence-corrected chi connectivity index (χ3v) is 3.83. The van der Waals surface area contributed by atoms with Crippen molar-refractivity contribution in [3.63, 3.8) is 0 Å². The Labute approximate surface area is 149 Å². The molecule has 0 aliphatic heterocycles. The van der Waals surface area contributed by atoms with Crippen LogP contribution in [0.1, 0.15) is 5.56 Å². The molecule has 1 N–H and O–H groups in total. The molecule has 2 aromatic carbocycles. The van der Waals surface area contributed by atoms with Gasteiger partial charge in [0.15, 0.2) is 0 Å². The number of benzene rings is 2. The summed E-state index contributed by atoms with van der Waals surface area (Å²) in [6.07, 6.45) is 1.64. The maximum atomic E-state index is 9.51. The molecule has 6 heteroatoms. The van der Waals surface area contributed by atoms with Gasteiger partial charge in [0, 0.05) is 23.4 Å². The number of aromatic hydroxyl groups is 1. The highest BCUT2D eigenvalue weighted by molar-refractivity contribution is 5.63. The first-order valence-corrected chi connectivity index (χ1v) is 8.02. The van der Waals surface area contributed by atoms with E-state index in [-0.39, 0.29) is 5.75 Å². The van der Waals surface area contributed by atoms with Crippen LogP contribution in [0.25, 0.3) is 22.8 Å². The molecule has 0 unspecified atom stereocenters. The number of aromatic nitrogens is 3. The predicted octanol–water partition coefficient (Wildman–Crippen LogP) is 4.60. The summed E-state index contributed by atoms with van der Waals surface area (Å²) >= 11 is 0. The monoisotopic (exact) mass is 345 g/mol. The molecule has 4 rings (SSSR count). The Hall–Kier alpha value is -3.67. The molecular weight excluding hydrogens is 330 g/mol. The van der Waals surface area contributed by atoms with Crippen molar-refractivity contribution in [1.29, 1.82) is 0 Å². The number of phenols is 1. The van der Waals surface area contributed by atoms with Crippen LogP contribution in [-0.2, 0) is 0 Å². The predicted molar refractivity (Wildman–Crippen MR) is 95.9 cm³/mol. The number of phenolic OH excluding ortho intramolecular Hbond substituents is 1. The van der Waals surface area contributed by atoms with E-state index in [1.807, 2.05) is 43.3 Å². The molecular formula is C20H15N3O3. The first kappa shape index (κ1) is 15.8. The van der Waals surface area contributed by atoms with Gasteiger partial charge in [-0.1, -0.05) is 23.4 Å². The standard InChI is InChI=1S/C20H15N3O3/c1-13-11-15(24)8-9-17(13)20-22-19(23-26-20)14-7-10-18(21-12-14)25-16-5-3-2-4-6-16/h2-12,24H,1H3. The Balaban J connectivity index is 1.56. The van der Waals surface area contributed by atoms with Gasteiger partial charge in [-0.05, 0) is 48.9 Å². The van der Waals surface area contributed by atoms with Crippen molar-refractivity contribution in [2.24, 2.45) is 0 Å². The highest BCUT2D eigenvalue weighted by Gasteiger charge is 2.13. The summed E-state index contributed by atoms with van der Waals surface area (Å²) in [7, 11) is 0. The van der Waals surface area contributed by atoms with Crippen molar-refractivity contribution in [3.05, 3.63) is 72.4 Å². The highest BCUT2D eigenvalue weighted by Crippen LogP contribution is 2.27. The van der Waals surface area contributed by atoms with Crippen LogP contribution in [0.15, 0.2) is 71.4 Å². The van der Waals surface area contributed by atoms with Crippen LogP contribution < -0.4 is 4.74 Å². The lowest BCUT2D eigenvalue weighted by Gasteiger charge is -2.04. The van der Waals surface area contributed by atoms with Crippen LogP contribution in [0.2, 0.25) is 0 Å². The SMILES string of the molecule is Cc1cc(O)ccc1-c1nc(-c2ccc(Oc3ccccc3)nc2)no1. The molecule has 128 valence electrons. The van der Waals surface area contributed by atoms with E-state index in [1.165, 1.54) is 0 Å². The summed E-state index contributed by atoms with van der Waals surface area (Å²) in [5.74, 6) is 2.23. The maximum Gasteiger partial charge on any atom is 0.258 e. The Kier molecular flexibility index (Phi) is 4.07. The quantitative estimate of drug-likeness (QED) is 0.582. The number of rotatable bonds is 4. The molecule has 0 amide bonds. The van der Waals surface area contributed by atoms with Gasteiger partial charge in [-0.3, -0.25) is 0 Å². The summed E-state index contributed by atoms with van der Waals surface area (Å²) in [4.78, 5) is 8.70.